The smallest absolute Gasteiger partial charge is 0.240 e. The zero-order valence-electron chi connectivity index (χ0n) is 13.2. The van der Waals surface area contributed by atoms with E-state index in [0.29, 0.717) is 11.4 Å². The Bertz CT molecular complexity index is 498. The van der Waals surface area contributed by atoms with Crippen molar-refractivity contribution in [2.24, 2.45) is 0 Å². The molecule has 0 amide bonds. The van der Waals surface area contributed by atoms with Crippen LogP contribution in [-0.4, -0.2) is 47.0 Å². The molecule has 0 aliphatic rings. The van der Waals surface area contributed by atoms with Crippen molar-refractivity contribution in [2.75, 3.05) is 33.7 Å². The van der Waals surface area contributed by atoms with Gasteiger partial charge in [0.2, 0.25) is 10.0 Å². The van der Waals surface area contributed by atoms with Crippen LogP contribution in [0.3, 0.4) is 0 Å². The minimum atomic E-state index is -3.39. The Balaban J connectivity index is 2.50. The highest BCUT2D eigenvalue weighted by Crippen LogP contribution is 2.10. The topological polar surface area (TPSA) is 61.4 Å². The van der Waals surface area contributed by atoms with Crippen LogP contribution in [0.15, 0.2) is 29.2 Å². The van der Waals surface area contributed by atoms with Gasteiger partial charge in [0.15, 0.2) is 0 Å². The first-order valence-electron chi connectivity index (χ1n) is 7.39. The summed E-state index contributed by atoms with van der Waals surface area (Å²) in [5, 5.41) is 3.29. The number of nitrogens with one attached hydrogen (secondary N) is 2. The maximum Gasteiger partial charge on any atom is 0.240 e. The van der Waals surface area contributed by atoms with Crippen LogP contribution in [0, 0.1) is 0 Å². The van der Waals surface area contributed by atoms with E-state index in [1.54, 1.807) is 12.1 Å². The second-order valence-electron chi connectivity index (χ2n) is 5.38. The number of sulfonamides is 1. The Kier molecular flexibility index (Phi) is 7.88. The van der Waals surface area contributed by atoms with E-state index in [-0.39, 0.29) is 0 Å². The summed E-state index contributed by atoms with van der Waals surface area (Å²) >= 11 is 0. The van der Waals surface area contributed by atoms with Crippen LogP contribution in [0.1, 0.15) is 25.3 Å². The van der Waals surface area contributed by atoms with Gasteiger partial charge in [-0.25, -0.2) is 13.1 Å². The van der Waals surface area contributed by atoms with Crippen LogP contribution >= 0.6 is 0 Å². The lowest BCUT2D eigenvalue weighted by molar-refractivity contribution is 0.400. The minimum Gasteiger partial charge on any atom is -0.313 e. The van der Waals surface area contributed by atoms with Gasteiger partial charge in [0.05, 0.1) is 4.90 Å². The highest BCUT2D eigenvalue weighted by Gasteiger charge is 2.12. The van der Waals surface area contributed by atoms with Crippen LogP contribution in [-0.2, 0) is 16.6 Å². The van der Waals surface area contributed by atoms with Gasteiger partial charge in [-0.2, -0.15) is 0 Å². The lowest BCUT2D eigenvalue weighted by Gasteiger charge is -2.11. The van der Waals surface area contributed by atoms with Crippen molar-refractivity contribution in [1.29, 1.82) is 0 Å². The Morgan fingerprint density at radius 2 is 1.76 bits per heavy atom. The lowest BCUT2D eigenvalue weighted by atomic mass is 10.2. The average Bonchev–Trinajstić information content (AvgIpc) is 2.44. The van der Waals surface area contributed by atoms with Gasteiger partial charge >= 0.3 is 0 Å². The summed E-state index contributed by atoms with van der Waals surface area (Å²) in [6, 6.07) is 7.04. The molecule has 0 unspecified atom stereocenters. The summed E-state index contributed by atoms with van der Waals surface area (Å²) in [6.07, 6.45) is 1.88. The highest BCUT2D eigenvalue weighted by atomic mass is 32.2. The normalized spacial score (nSPS) is 12.0. The van der Waals surface area contributed by atoms with E-state index in [9.17, 15) is 8.42 Å². The molecule has 0 aliphatic carbocycles. The van der Waals surface area contributed by atoms with Crippen molar-refractivity contribution >= 4 is 10.0 Å². The zero-order chi connectivity index (χ0) is 15.7. The Labute approximate surface area is 128 Å². The van der Waals surface area contributed by atoms with Crippen LogP contribution in [0.25, 0.3) is 0 Å². The third kappa shape index (κ3) is 7.04. The zero-order valence-corrected chi connectivity index (χ0v) is 14.0. The van der Waals surface area contributed by atoms with Gasteiger partial charge in [0, 0.05) is 13.1 Å². The number of hydrogen-bond acceptors (Lipinski definition) is 4. The molecular formula is C15H27N3O2S. The van der Waals surface area contributed by atoms with Crippen molar-refractivity contribution < 1.29 is 8.42 Å². The first-order valence-corrected chi connectivity index (χ1v) is 8.88. The third-order valence-corrected chi connectivity index (χ3v) is 4.54. The van der Waals surface area contributed by atoms with E-state index >= 15 is 0 Å². The van der Waals surface area contributed by atoms with Crippen molar-refractivity contribution in [1.82, 2.24) is 14.9 Å². The Hall–Kier alpha value is -0.950. The molecule has 6 heteroatoms. The minimum absolute atomic E-state index is 0.326. The van der Waals surface area contributed by atoms with Crippen molar-refractivity contribution in [3.63, 3.8) is 0 Å². The SMILES string of the molecule is CCCNCc1ccc(S(=O)(=O)NCCCN(C)C)cc1. The molecule has 0 aromatic heterocycles. The molecule has 2 N–H and O–H groups in total. The van der Waals surface area contributed by atoms with E-state index in [0.717, 1.165) is 38.0 Å². The first kappa shape index (κ1) is 18.1. The monoisotopic (exact) mass is 313 g/mol. The molecule has 0 saturated heterocycles. The molecule has 120 valence electrons. The molecule has 0 spiro atoms. The molecular weight excluding hydrogens is 286 g/mol. The summed E-state index contributed by atoms with van der Waals surface area (Å²) in [4.78, 5) is 2.36. The molecule has 0 heterocycles. The van der Waals surface area contributed by atoms with Crippen molar-refractivity contribution in [3.8, 4) is 0 Å². The number of nitrogens with zero attached hydrogens (tertiary/aromatic N) is 1. The second-order valence-corrected chi connectivity index (χ2v) is 7.14. The molecule has 1 aromatic rings. The highest BCUT2D eigenvalue weighted by molar-refractivity contribution is 7.89. The predicted molar refractivity (Wildman–Crippen MR) is 86.8 cm³/mol. The molecule has 1 rings (SSSR count). The van der Waals surface area contributed by atoms with E-state index < -0.39 is 10.0 Å². The summed E-state index contributed by atoms with van der Waals surface area (Å²) < 4.78 is 26.8. The summed E-state index contributed by atoms with van der Waals surface area (Å²) in [7, 11) is 0.555. The standard InChI is InChI=1S/C15H27N3O2S/c1-4-10-16-13-14-6-8-15(9-7-14)21(19,20)17-11-5-12-18(2)3/h6-9,16-17H,4-5,10-13H2,1-3H3. The van der Waals surface area contributed by atoms with Gasteiger partial charge in [-0.15, -0.1) is 0 Å². The lowest BCUT2D eigenvalue weighted by Crippen LogP contribution is -2.27. The molecule has 0 aliphatic heterocycles. The molecule has 21 heavy (non-hydrogen) atoms. The molecule has 0 fully saturated rings. The summed E-state index contributed by atoms with van der Waals surface area (Å²) in [5.41, 5.74) is 1.09. The molecule has 0 radical (unpaired) electrons. The molecule has 0 saturated carbocycles. The van der Waals surface area contributed by atoms with E-state index in [1.165, 1.54) is 0 Å². The quantitative estimate of drug-likeness (QED) is 0.641. The fraction of sp³-hybridized carbons (Fsp3) is 0.600. The number of benzene rings is 1. The molecule has 1 aromatic carbocycles. The van der Waals surface area contributed by atoms with Crippen LogP contribution in [0.4, 0.5) is 0 Å². The van der Waals surface area contributed by atoms with Gasteiger partial charge in [0.25, 0.3) is 0 Å². The van der Waals surface area contributed by atoms with Crippen LogP contribution in [0.2, 0.25) is 0 Å². The Morgan fingerprint density at radius 1 is 1.10 bits per heavy atom. The van der Waals surface area contributed by atoms with Gasteiger partial charge < -0.3 is 10.2 Å². The number of hydrogen-bond donors (Lipinski definition) is 2. The average molecular weight is 313 g/mol. The largest absolute Gasteiger partial charge is 0.313 e. The van der Waals surface area contributed by atoms with Gasteiger partial charge in [-0.3, -0.25) is 0 Å². The van der Waals surface area contributed by atoms with Crippen molar-refractivity contribution in [3.05, 3.63) is 29.8 Å². The number of rotatable bonds is 10. The predicted octanol–water partition coefficient (Wildman–Crippen LogP) is 1.42. The van der Waals surface area contributed by atoms with E-state index in [1.807, 2.05) is 31.1 Å². The van der Waals surface area contributed by atoms with Gasteiger partial charge in [-0.1, -0.05) is 19.1 Å². The first-order chi connectivity index (χ1) is 9.95. The Morgan fingerprint density at radius 3 is 2.33 bits per heavy atom. The molecule has 0 bridgehead atoms. The van der Waals surface area contributed by atoms with Crippen LogP contribution < -0.4 is 10.0 Å². The van der Waals surface area contributed by atoms with Gasteiger partial charge in [-0.05, 0) is 57.7 Å². The van der Waals surface area contributed by atoms with Crippen LogP contribution in [0.5, 0.6) is 0 Å². The summed E-state index contributed by atoms with van der Waals surface area (Å²) in [6.45, 7) is 5.17. The van der Waals surface area contributed by atoms with E-state index in [4.69, 9.17) is 0 Å². The summed E-state index contributed by atoms with van der Waals surface area (Å²) in [5.74, 6) is 0. The third-order valence-electron chi connectivity index (χ3n) is 3.06. The molecule has 5 nitrogen and oxygen atoms in total. The maximum absolute atomic E-state index is 12.1. The fourth-order valence-electron chi connectivity index (χ4n) is 1.88. The molecule has 0 atom stereocenters. The second kappa shape index (κ2) is 9.15. The van der Waals surface area contributed by atoms with E-state index in [2.05, 4.69) is 17.0 Å². The van der Waals surface area contributed by atoms with Gasteiger partial charge in [0.1, 0.15) is 0 Å². The maximum atomic E-state index is 12.1. The fourth-order valence-corrected chi connectivity index (χ4v) is 2.96. The van der Waals surface area contributed by atoms with Crippen molar-refractivity contribution in [2.45, 2.75) is 31.2 Å².